The lowest BCUT2D eigenvalue weighted by Gasteiger charge is -2.63. The van der Waals surface area contributed by atoms with Crippen molar-refractivity contribution >= 4 is 16.0 Å². The molecule has 250 valence electrons. The molecule has 0 aromatic heterocycles. The lowest BCUT2D eigenvalue weighted by atomic mass is 9.43. The van der Waals surface area contributed by atoms with Gasteiger partial charge < -0.3 is 30.2 Å². The third-order valence-electron chi connectivity index (χ3n) is 12.8. The van der Waals surface area contributed by atoms with Crippen molar-refractivity contribution < 1.29 is 42.7 Å². The summed E-state index contributed by atoms with van der Waals surface area (Å²) in [5.74, 6) is 1.03. The maximum atomic E-state index is 12.7. The highest BCUT2D eigenvalue weighted by Gasteiger charge is 2.65. The highest BCUT2D eigenvalue weighted by molar-refractivity contribution is 7.85. The fourth-order valence-electron chi connectivity index (χ4n) is 10.4. The van der Waals surface area contributed by atoms with Crippen molar-refractivity contribution in [1.29, 1.82) is 0 Å². The molecule has 43 heavy (non-hydrogen) atoms. The molecule has 4 fully saturated rings. The summed E-state index contributed by atoms with van der Waals surface area (Å²) in [4.78, 5) is 12.7. The van der Waals surface area contributed by atoms with Crippen molar-refractivity contribution in [2.75, 3.05) is 39.5 Å². The maximum Gasteiger partial charge on any atom is 0.265 e. The van der Waals surface area contributed by atoms with Gasteiger partial charge in [0.2, 0.25) is 5.91 Å². The van der Waals surface area contributed by atoms with Crippen LogP contribution in [-0.4, -0.2) is 108 Å². The summed E-state index contributed by atoms with van der Waals surface area (Å²) < 4.78 is 31.2. The first-order valence-corrected chi connectivity index (χ1v) is 18.2. The molecule has 1 amide bonds. The molecule has 7 unspecified atom stereocenters. The number of carbonyl (C=O) groups excluding carboxylic acids is 1. The van der Waals surface area contributed by atoms with Gasteiger partial charge in [-0.15, -0.1) is 0 Å². The third kappa shape index (κ3) is 7.60. The Labute approximate surface area is 259 Å². The summed E-state index contributed by atoms with van der Waals surface area (Å²) >= 11 is 0. The van der Waals surface area contributed by atoms with Crippen molar-refractivity contribution in [2.24, 2.45) is 46.3 Å². The van der Waals surface area contributed by atoms with E-state index >= 15 is 0 Å². The number of carbonyl (C=O) groups is 1. The van der Waals surface area contributed by atoms with E-state index < -0.39 is 28.4 Å². The molecule has 0 radical (unpaired) electrons. The Morgan fingerprint density at radius 3 is 2.42 bits per heavy atom. The van der Waals surface area contributed by atoms with Crippen LogP contribution in [0.15, 0.2) is 0 Å². The van der Waals surface area contributed by atoms with Crippen LogP contribution in [0.1, 0.15) is 85.0 Å². The first-order chi connectivity index (χ1) is 19.9. The average molecular weight is 632 g/mol. The molecule has 4 rings (SSSR count). The third-order valence-corrected chi connectivity index (χ3v) is 13.6. The largest absolute Gasteiger partial charge is 0.393 e. The zero-order chi connectivity index (χ0) is 32.0. The Hall–Kier alpha value is -0.820. The van der Waals surface area contributed by atoms with Gasteiger partial charge in [0.15, 0.2) is 0 Å². The molecule has 0 saturated heterocycles. The fraction of sp³-hybridized carbons (Fsp3) is 0.969. The number of aliphatic hydroxyl groups excluding tert-OH is 4. The predicted octanol–water partition coefficient (Wildman–Crippen LogP) is 2.20. The first kappa shape index (κ1) is 35.0. The molecule has 4 aliphatic rings. The van der Waals surface area contributed by atoms with E-state index in [-0.39, 0.29) is 71.1 Å². The van der Waals surface area contributed by atoms with E-state index in [0.717, 1.165) is 38.5 Å². The Bertz CT molecular complexity index is 1090. The van der Waals surface area contributed by atoms with Crippen LogP contribution in [-0.2, 0) is 14.9 Å². The molecule has 4 aliphatic carbocycles. The summed E-state index contributed by atoms with van der Waals surface area (Å²) in [7, 11) is -0.261. The molecule has 12 atom stereocenters. The zero-order valence-electron chi connectivity index (χ0n) is 27.0. The summed E-state index contributed by atoms with van der Waals surface area (Å²) in [6.07, 6.45) is 5.31. The van der Waals surface area contributed by atoms with Crippen LogP contribution in [0, 0.1) is 46.3 Å². The lowest BCUT2D eigenvalue weighted by Crippen LogP contribution is -2.62. The normalized spacial score (nSPS) is 41.1. The second kappa shape index (κ2) is 13.1. The smallest absolute Gasteiger partial charge is 0.265 e. The first-order valence-electron chi connectivity index (χ1n) is 16.6. The predicted molar refractivity (Wildman–Crippen MR) is 164 cm³/mol. The van der Waals surface area contributed by atoms with Crippen molar-refractivity contribution in [1.82, 2.24) is 5.32 Å². The standard InChI is InChI=1S/C32H58N2O8S/c1-20(7-10-29(39)33-18-23(36)19-34(4,5)13-6-14-43(40,41)42)24-8-9-25-30-26(17-28(38)32(24,25)3)31(2)12-11-22(35)15-21(31)16-27(30)37/h20-28,30,35-38H,6-19H2,1-5H3,(H-,33,39,40,41,42)/p+1/t20?,21?,22-,23?,24?,25+,26+,27-,28+,30?,31?,32?/m1/s1. The number of aliphatic hydroxyl groups is 4. The van der Waals surface area contributed by atoms with E-state index in [1.54, 1.807) is 0 Å². The SMILES string of the molecule is CC(CCC(=O)NCC(O)C[N+](C)(C)CCCS(=O)(=O)O)C1CC[C@H]2C3[C@H](O)CC4C[C@H](O)CCC4(C)[C@H]3C[C@H](O)C12C. The lowest BCUT2D eigenvalue weighted by molar-refractivity contribution is -0.893. The topological polar surface area (TPSA) is 164 Å². The molecule has 11 heteroatoms. The maximum absolute atomic E-state index is 12.7. The van der Waals surface area contributed by atoms with Crippen molar-refractivity contribution in [3.63, 3.8) is 0 Å². The fourth-order valence-corrected chi connectivity index (χ4v) is 10.9. The van der Waals surface area contributed by atoms with Gasteiger partial charge in [0, 0.05) is 19.4 Å². The second-order valence-corrected chi connectivity index (χ2v) is 17.6. The molecule has 0 aromatic rings. The number of hydrogen-bond acceptors (Lipinski definition) is 7. The van der Waals surface area contributed by atoms with Gasteiger partial charge in [-0.1, -0.05) is 20.8 Å². The molecule has 10 nitrogen and oxygen atoms in total. The highest BCUT2D eigenvalue weighted by Crippen LogP contribution is 2.68. The molecule has 0 bridgehead atoms. The van der Waals surface area contributed by atoms with Gasteiger partial charge in [0.05, 0.1) is 44.7 Å². The Morgan fingerprint density at radius 1 is 1.05 bits per heavy atom. The minimum atomic E-state index is -4.01. The number of amides is 1. The highest BCUT2D eigenvalue weighted by atomic mass is 32.2. The van der Waals surface area contributed by atoms with E-state index in [1.165, 1.54) is 0 Å². The molecule has 4 saturated carbocycles. The van der Waals surface area contributed by atoms with E-state index in [0.29, 0.717) is 42.8 Å². The summed E-state index contributed by atoms with van der Waals surface area (Å²) in [6.45, 7) is 7.69. The van der Waals surface area contributed by atoms with E-state index in [1.807, 2.05) is 14.1 Å². The number of nitrogens with one attached hydrogen (secondary N) is 1. The Kier molecular flexibility index (Phi) is 10.7. The quantitative estimate of drug-likeness (QED) is 0.141. The average Bonchev–Trinajstić information content (AvgIpc) is 3.25. The summed E-state index contributed by atoms with van der Waals surface area (Å²) in [6, 6.07) is 0. The van der Waals surface area contributed by atoms with Gasteiger partial charge in [-0.05, 0) is 97.7 Å². The number of hydrogen-bond donors (Lipinski definition) is 6. The van der Waals surface area contributed by atoms with Crippen LogP contribution in [0.3, 0.4) is 0 Å². The minimum Gasteiger partial charge on any atom is -0.393 e. The van der Waals surface area contributed by atoms with Gasteiger partial charge in [0.1, 0.15) is 12.6 Å². The van der Waals surface area contributed by atoms with Crippen molar-refractivity contribution in [2.45, 2.75) is 109 Å². The van der Waals surface area contributed by atoms with Gasteiger partial charge in [-0.3, -0.25) is 9.35 Å². The monoisotopic (exact) mass is 631 g/mol. The van der Waals surface area contributed by atoms with Crippen molar-refractivity contribution in [3.8, 4) is 0 Å². The Morgan fingerprint density at radius 2 is 1.74 bits per heavy atom. The van der Waals surface area contributed by atoms with E-state index in [9.17, 15) is 33.6 Å². The second-order valence-electron chi connectivity index (χ2n) is 16.0. The van der Waals surface area contributed by atoms with E-state index in [4.69, 9.17) is 4.55 Å². The van der Waals surface area contributed by atoms with Gasteiger partial charge in [0.25, 0.3) is 10.1 Å². The van der Waals surface area contributed by atoms with Crippen LogP contribution >= 0.6 is 0 Å². The van der Waals surface area contributed by atoms with Crippen molar-refractivity contribution in [3.05, 3.63) is 0 Å². The number of rotatable bonds is 12. The molecule has 0 aromatic carbocycles. The van der Waals surface area contributed by atoms with Gasteiger partial charge in [-0.2, -0.15) is 8.42 Å². The number of quaternary nitrogens is 1. The molecular weight excluding hydrogens is 572 g/mol. The van der Waals surface area contributed by atoms with Crippen LogP contribution in [0.2, 0.25) is 0 Å². The molecule has 0 spiro atoms. The van der Waals surface area contributed by atoms with Gasteiger partial charge >= 0.3 is 0 Å². The molecule has 0 heterocycles. The number of nitrogens with zero attached hydrogens (tertiary/aromatic N) is 1. The Balaban J connectivity index is 1.29. The minimum absolute atomic E-state index is 0.0476. The molecule has 6 N–H and O–H groups in total. The van der Waals surface area contributed by atoms with Crippen LogP contribution in [0.25, 0.3) is 0 Å². The molecule has 0 aliphatic heterocycles. The van der Waals surface area contributed by atoms with E-state index in [2.05, 4.69) is 26.1 Å². The van der Waals surface area contributed by atoms with Gasteiger partial charge in [-0.25, -0.2) is 0 Å². The number of fused-ring (bicyclic) bond motifs is 5. The van der Waals surface area contributed by atoms with Crippen LogP contribution in [0.4, 0.5) is 0 Å². The number of likely N-dealkylation sites (N-methyl/N-ethyl adjacent to an activating group) is 1. The zero-order valence-corrected chi connectivity index (χ0v) is 27.8. The van der Waals surface area contributed by atoms with Crippen LogP contribution in [0.5, 0.6) is 0 Å². The molecular formula is C32H59N2O8S+. The summed E-state index contributed by atoms with van der Waals surface area (Å²) in [5.41, 5.74) is -0.254. The summed E-state index contributed by atoms with van der Waals surface area (Å²) in [5, 5.41) is 46.9. The van der Waals surface area contributed by atoms with Crippen LogP contribution < -0.4 is 5.32 Å².